The van der Waals surface area contributed by atoms with Gasteiger partial charge in [0.1, 0.15) is 12.2 Å². The third kappa shape index (κ3) is 6.70. The van der Waals surface area contributed by atoms with Gasteiger partial charge in [0, 0.05) is 40.8 Å². The number of rotatable bonds is 5. The quantitative estimate of drug-likeness (QED) is 0.160. The molecule has 0 atom stereocenters. The number of aromatic nitrogens is 7. The molecule has 0 amide bonds. The van der Waals surface area contributed by atoms with E-state index in [1.54, 1.807) is 18.6 Å². The number of nitrogens with one attached hydrogen (secondary N) is 2. The standard InChI is InChI=1S/C35H23N7.C4H6O3/c1-4-18-36-24(7-1)33-27-12-10-22(39-27)21-23-11-13-28(40-23)34(25-8-2-5-19-37-25)30-15-17-32(42-30)35(26-9-3-6-20-38-26)31-16-14-29(33)41-31;1-3(5)2-4(6)7/h1-21,39,42H;2H2,1H3,(H,6,7). The van der Waals surface area contributed by atoms with Gasteiger partial charge in [-0.2, -0.15) is 0 Å². The van der Waals surface area contributed by atoms with E-state index < -0.39 is 5.97 Å². The molecule has 2 aliphatic heterocycles. The van der Waals surface area contributed by atoms with Crippen molar-refractivity contribution in [3.8, 4) is 33.8 Å². The Kier molecular flexibility index (Phi) is 8.49. The molecule has 2 aliphatic rings. The summed E-state index contributed by atoms with van der Waals surface area (Å²) in [4.78, 5) is 51.0. The number of carbonyl (C=O) groups is 2. The molecular formula is C39H29N7O3. The molecule has 6 aromatic rings. The van der Waals surface area contributed by atoms with Gasteiger partial charge in [-0.25, -0.2) is 9.97 Å². The van der Waals surface area contributed by atoms with E-state index in [4.69, 9.17) is 20.1 Å². The Morgan fingerprint density at radius 1 is 0.592 bits per heavy atom. The van der Waals surface area contributed by atoms with Crippen LogP contribution >= 0.6 is 0 Å². The number of aliphatic carboxylic acids is 1. The zero-order valence-electron chi connectivity index (χ0n) is 26.3. The topological polar surface area (TPSA) is 150 Å². The minimum Gasteiger partial charge on any atom is -0.481 e. The van der Waals surface area contributed by atoms with Crippen LogP contribution in [0, 0.1) is 0 Å². The first-order valence-corrected chi connectivity index (χ1v) is 15.5. The number of carboxylic acids is 1. The van der Waals surface area contributed by atoms with Gasteiger partial charge in [-0.15, -0.1) is 0 Å². The van der Waals surface area contributed by atoms with Gasteiger partial charge in [0.05, 0.1) is 56.4 Å². The van der Waals surface area contributed by atoms with Crippen molar-refractivity contribution in [2.75, 3.05) is 0 Å². The summed E-state index contributed by atoms with van der Waals surface area (Å²) < 4.78 is 0. The molecule has 0 unspecified atom stereocenters. The monoisotopic (exact) mass is 643 g/mol. The summed E-state index contributed by atoms with van der Waals surface area (Å²) in [6.45, 7) is 1.24. The first-order valence-electron chi connectivity index (χ1n) is 15.5. The molecule has 0 fully saturated rings. The Balaban J connectivity index is 0.000000491. The number of fused-ring (bicyclic) bond motifs is 8. The number of nitrogens with zero attached hydrogens (tertiary/aromatic N) is 5. The van der Waals surface area contributed by atoms with Gasteiger partial charge in [0.2, 0.25) is 0 Å². The average molecular weight is 644 g/mol. The molecule has 8 rings (SSSR count). The third-order valence-corrected chi connectivity index (χ3v) is 7.74. The molecule has 8 bridgehead atoms. The van der Waals surface area contributed by atoms with Gasteiger partial charge in [-0.1, -0.05) is 18.2 Å². The molecule has 0 spiro atoms. The zero-order valence-corrected chi connectivity index (χ0v) is 26.3. The average Bonchev–Trinajstić information content (AvgIpc) is 3.93. The van der Waals surface area contributed by atoms with Crippen LogP contribution in [-0.4, -0.2) is 51.7 Å². The first kappa shape index (κ1) is 30.8. The fourth-order valence-electron chi connectivity index (χ4n) is 5.69. The lowest BCUT2D eigenvalue weighted by Crippen LogP contribution is -2.00. The molecule has 49 heavy (non-hydrogen) atoms. The summed E-state index contributed by atoms with van der Waals surface area (Å²) in [5.74, 6) is -1.37. The number of pyridine rings is 3. The molecule has 8 heterocycles. The van der Waals surface area contributed by atoms with Crippen molar-refractivity contribution in [1.29, 1.82) is 0 Å². The van der Waals surface area contributed by atoms with E-state index >= 15 is 0 Å². The van der Waals surface area contributed by atoms with E-state index in [2.05, 4.69) is 44.2 Å². The maximum Gasteiger partial charge on any atom is 0.310 e. The number of carbonyl (C=O) groups excluding carboxylic acids is 1. The van der Waals surface area contributed by atoms with E-state index in [1.165, 1.54) is 6.92 Å². The van der Waals surface area contributed by atoms with Crippen LogP contribution in [0.2, 0.25) is 0 Å². The lowest BCUT2D eigenvalue weighted by Gasteiger charge is -2.04. The minimum atomic E-state index is -1.06. The van der Waals surface area contributed by atoms with Gasteiger partial charge in [-0.05, 0) is 98.0 Å². The molecule has 238 valence electrons. The highest BCUT2D eigenvalue weighted by Gasteiger charge is 2.17. The molecule has 0 radical (unpaired) electrons. The largest absolute Gasteiger partial charge is 0.481 e. The molecule has 0 aliphatic carbocycles. The lowest BCUT2D eigenvalue weighted by atomic mass is 10.1. The summed E-state index contributed by atoms with van der Waals surface area (Å²) in [5, 5.41) is 7.86. The van der Waals surface area contributed by atoms with Gasteiger partial charge in [-0.3, -0.25) is 24.5 Å². The van der Waals surface area contributed by atoms with Crippen molar-refractivity contribution in [1.82, 2.24) is 34.9 Å². The van der Waals surface area contributed by atoms with E-state index in [0.29, 0.717) is 0 Å². The summed E-state index contributed by atoms with van der Waals surface area (Å²) >= 11 is 0. The van der Waals surface area contributed by atoms with Gasteiger partial charge >= 0.3 is 5.97 Å². The predicted molar refractivity (Wildman–Crippen MR) is 191 cm³/mol. The van der Waals surface area contributed by atoms with Crippen LogP contribution in [0.3, 0.4) is 0 Å². The van der Waals surface area contributed by atoms with Gasteiger partial charge in [0.15, 0.2) is 0 Å². The van der Waals surface area contributed by atoms with E-state index in [1.807, 2.05) is 85.0 Å². The second-order valence-corrected chi connectivity index (χ2v) is 11.3. The van der Waals surface area contributed by atoms with Crippen molar-refractivity contribution in [2.45, 2.75) is 13.3 Å². The van der Waals surface area contributed by atoms with Crippen LogP contribution < -0.4 is 0 Å². The van der Waals surface area contributed by atoms with Crippen LogP contribution in [0.5, 0.6) is 0 Å². The molecule has 3 N–H and O–H groups in total. The number of ketones is 1. The summed E-state index contributed by atoms with van der Waals surface area (Å²) in [6, 6.07) is 28.1. The van der Waals surface area contributed by atoms with Crippen LogP contribution in [0.15, 0.2) is 104 Å². The molecule has 0 saturated heterocycles. The van der Waals surface area contributed by atoms with Crippen molar-refractivity contribution in [2.24, 2.45) is 0 Å². The Hall–Kier alpha value is -6.81. The Labute approximate surface area is 280 Å². The fraction of sp³-hybridized carbons (Fsp3) is 0.0513. The minimum absolute atomic E-state index is 0.312. The molecular weight excluding hydrogens is 614 g/mol. The highest BCUT2D eigenvalue weighted by molar-refractivity contribution is 5.96. The summed E-state index contributed by atoms with van der Waals surface area (Å²) in [6.07, 6.45) is 13.2. The first-order chi connectivity index (χ1) is 23.9. The number of H-pyrrole nitrogens is 2. The number of carboxylic acid groups (broad SMARTS) is 1. The molecule has 10 heteroatoms. The van der Waals surface area contributed by atoms with Crippen molar-refractivity contribution in [3.05, 3.63) is 126 Å². The van der Waals surface area contributed by atoms with Gasteiger partial charge in [0.25, 0.3) is 0 Å². The van der Waals surface area contributed by atoms with Crippen LogP contribution in [0.25, 0.3) is 80.1 Å². The van der Waals surface area contributed by atoms with Crippen LogP contribution in [-0.2, 0) is 9.59 Å². The normalized spacial score (nSPS) is 11.5. The Morgan fingerprint density at radius 3 is 1.51 bits per heavy atom. The zero-order chi connectivity index (χ0) is 33.7. The molecule has 0 saturated carbocycles. The van der Waals surface area contributed by atoms with Crippen LogP contribution in [0.4, 0.5) is 0 Å². The SMILES string of the molecule is C1=Cc2nc1cc1ccc([nH]1)c(-c1ccccn1)c1nc(c(-c3ccccn3)c3ccc([nH]3)c2-c2ccccn2)C=C1.CC(=O)CC(=O)O. The maximum atomic E-state index is 9.87. The summed E-state index contributed by atoms with van der Waals surface area (Å²) in [7, 11) is 0. The van der Waals surface area contributed by atoms with Crippen molar-refractivity contribution in [3.63, 3.8) is 0 Å². The molecule has 10 nitrogen and oxygen atoms in total. The second-order valence-electron chi connectivity index (χ2n) is 11.3. The van der Waals surface area contributed by atoms with Crippen molar-refractivity contribution < 1.29 is 14.7 Å². The number of hydrogen-bond acceptors (Lipinski definition) is 7. The predicted octanol–water partition coefficient (Wildman–Crippen LogP) is 7.89. The number of Topliss-reactive ketones (excluding diaryl/α,β-unsaturated/α-hetero) is 1. The molecule has 0 aromatic carbocycles. The van der Waals surface area contributed by atoms with E-state index in [9.17, 15) is 9.59 Å². The highest BCUT2D eigenvalue weighted by atomic mass is 16.4. The van der Waals surface area contributed by atoms with Crippen molar-refractivity contribution >= 4 is 58.1 Å². The van der Waals surface area contributed by atoms with Crippen LogP contribution in [0.1, 0.15) is 36.1 Å². The summed E-state index contributed by atoms with van der Waals surface area (Å²) in [5.41, 5.74) is 12.2. The second kappa shape index (κ2) is 13.5. The third-order valence-electron chi connectivity index (χ3n) is 7.74. The lowest BCUT2D eigenvalue weighted by molar-refractivity contribution is -0.139. The number of hydrogen-bond donors (Lipinski definition) is 3. The maximum absolute atomic E-state index is 9.87. The van der Waals surface area contributed by atoms with Gasteiger partial charge < -0.3 is 15.1 Å². The fourth-order valence-corrected chi connectivity index (χ4v) is 5.69. The Morgan fingerprint density at radius 2 is 1.06 bits per heavy atom. The van der Waals surface area contributed by atoms with E-state index in [-0.39, 0.29) is 12.2 Å². The van der Waals surface area contributed by atoms with E-state index in [0.717, 1.165) is 78.6 Å². The smallest absolute Gasteiger partial charge is 0.310 e. The number of aromatic amines is 2. The Bertz CT molecular complexity index is 2360. The highest BCUT2D eigenvalue weighted by Crippen LogP contribution is 2.34. The molecule has 6 aromatic heterocycles.